The Labute approximate surface area is 144 Å². The van der Waals surface area contributed by atoms with Crippen molar-refractivity contribution in [2.75, 3.05) is 4.72 Å². The molecule has 0 radical (unpaired) electrons. The van der Waals surface area contributed by atoms with Crippen molar-refractivity contribution >= 4 is 33.2 Å². The van der Waals surface area contributed by atoms with E-state index in [-0.39, 0.29) is 28.2 Å². The number of nitrogens with zero attached hydrogens (tertiary/aromatic N) is 1. The number of hydrogen-bond donors (Lipinski definition) is 3. The van der Waals surface area contributed by atoms with Crippen LogP contribution in [0.1, 0.15) is 36.2 Å². The number of aromatic nitrogens is 2. The van der Waals surface area contributed by atoms with Gasteiger partial charge in [-0.15, -0.1) is 0 Å². The van der Waals surface area contributed by atoms with Crippen molar-refractivity contribution in [1.82, 2.24) is 15.5 Å². The molecule has 0 aliphatic heterocycles. The Balaban J connectivity index is 1.77. The summed E-state index contributed by atoms with van der Waals surface area (Å²) in [4.78, 5) is 12.4. The van der Waals surface area contributed by atoms with Crippen molar-refractivity contribution < 1.29 is 13.2 Å². The van der Waals surface area contributed by atoms with Crippen molar-refractivity contribution in [2.24, 2.45) is 0 Å². The van der Waals surface area contributed by atoms with Crippen LogP contribution in [0.25, 0.3) is 0 Å². The summed E-state index contributed by atoms with van der Waals surface area (Å²) in [7, 11) is -3.83. The molecule has 1 amide bonds. The molecule has 2 aromatic rings. The SMILES string of the molecule is O=C(NC1CCCC1)c1[nH]ncc1NS(=O)(=O)c1ccc(Cl)cc1. The number of nitrogens with one attached hydrogen (secondary N) is 3. The monoisotopic (exact) mass is 368 g/mol. The third-order valence-electron chi connectivity index (χ3n) is 3.93. The molecule has 0 bridgehead atoms. The lowest BCUT2D eigenvalue weighted by molar-refractivity contribution is 0.0933. The minimum Gasteiger partial charge on any atom is -0.348 e. The van der Waals surface area contributed by atoms with Gasteiger partial charge < -0.3 is 5.32 Å². The van der Waals surface area contributed by atoms with Crippen LogP contribution in [0.2, 0.25) is 5.02 Å². The molecule has 1 aliphatic carbocycles. The highest BCUT2D eigenvalue weighted by Gasteiger charge is 2.23. The van der Waals surface area contributed by atoms with E-state index in [0.29, 0.717) is 5.02 Å². The zero-order valence-electron chi connectivity index (χ0n) is 12.8. The zero-order chi connectivity index (χ0) is 17.2. The number of halogens is 1. The van der Waals surface area contributed by atoms with E-state index >= 15 is 0 Å². The van der Waals surface area contributed by atoms with Gasteiger partial charge in [-0.2, -0.15) is 5.10 Å². The molecule has 0 spiro atoms. The maximum absolute atomic E-state index is 12.4. The highest BCUT2D eigenvalue weighted by molar-refractivity contribution is 7.92. The van der Waals surface area contributed by atoms with Crippen LogP contribution in [0.5, 0.6) is 0 Å². The number of amides is 1. The van der Waals surface area contributed by atoms with Crippen molar-refractivity contribution in [3.05, 3.63) is 41.2 Å². The Hall–Kier alpha value is -2.06. The fraction of sp³-hybridized carbons (Fsp3) is 0.333. The Morgan fingerprint density at radius 1 is 1.21 bits per heavy atom. The van der Waals surface area contributed by atoms with Crippen LogP contribution < -0.4 is 10.0 Å². The maximum atomic E-state index is 12.4. The van der Waals surface area contributed by atoms with Crippen molar-refractivity contribution in [3.63, 3.8) is 0 Å². The summed E-state index contributed by atoms with van der Waals surface area (Å²) in [6, 6.07) is 5.88. The van der Waals surface area contributed by atoms with Gasteiger partial charge in [-0.05, 0) is 37.1 Å². The van der Waals surface area contributed by atoms with E-state index in [1.54, 1.807) is 0 Å². The van der Waals surface area contributed by atoms with E-state index in [1.165, 1.54) is 30.5 Å². The van der Waals surface area contributed by atoms with Crippen LogP contribution in [0.4, 0.5) is 5.69 Å². The summed E-state index contributed by atoms with van der Waals surface area (Å²) in [6.07, 6.45) is 5.32. The molecule has 128 valence electrons. The predicted octanol–water partition coefficient (Wildman–Crippen LogP) is 2.54. The molecule has 3 N–H and O–H groups in total. The fourth-order valence-corrected chi connectivity index (χ4v) is 3.86. The van der Waals surface area contributed by atoms with E-state index in [9.17, 15) is 13.2 Å². The van der Waals surface area contributed by atoms with Crippen LogP contribution in [-0.2, 0) is 10.0 Å². The number of benzene rings is 1. The second-order valence-electron chi connectivity index (χ2n) is 5.67. The molecule has 7 nitrogen and oxygen atoms in total. The number of carbonyl (C=O) groups excluding carboxylic acids is 1. The molecule has 9 heteroatoms. The van der Waals surface area contributed by atoms with Gasteiger partial charge in [0.15, 0.2) is 0 Å². The summed E-state index contributed by atoms with van der Waals surface area (Å²) >= 11 is 5.77. The lowest BCUT2D eigenvalue weighted by atomic mass is 10.2. The normalized spacial score (nSPS) is 15.4. The Morgan fingerprint density at radius 2 is 1.88 bits per heavy atom. The van der Waals surface area contributed by atoms with E-state index in [4.69, 9.17) is 11.6 Å². The average molecular weight is 369 g/mol. The molecule has 1 saturated carbocycles. The zero-order valence-corrected chi connectivity index (χ0v) is 14.3. The number of carbonyl (C=O) groups is 1. The van der Waals surface area contributed by atoms with Gasteiger partial charge in [-0.25, -0.2) is 8.42 Å². The van der Waals surface area contributed by atoms with Crippen LogP contribution >= 0.6 is 11.6 Å². The van der Waals surface area contributed by atoms with Gasteiger partial charge in [0, 0.05) is 11.1 Å². The molecule has 1 fully saturated rings. The van der Waals surface area contributed by atoms with Crippen LogP contribution in [0, 0.1) is 0 Å². The molecule has 1 heterocycles. The highest BCUT2D eigenvalue weighted by Crippen LogP contribution is 2.22. The quantitative estimate of drug-likeness (QED) is 0.754. The first kappa shape index (κ1) is 16.8. The largest absolute Gasteiger partial charge is 0.348 e. The lowest BCUT2D eigenvalue weighted by Gasteiger charge is -2.12. The summed E-state index contributed by atoms with van der Waals surface area (Å²) in [5, 5.41) is 9.66. The Kier molecular flexibility index (Phi) is 4.77. The first-order chi connectivity index (χ1) is 11.5. The van der Waals surface area contributed by atoms with E-state index in [1.807, 2.05) is 0 Å². The second-order valence-corrected chi connectivity index (χ2v) is 7.79. The third kappa shape index (κ3) is 3.70. The smallest absolute Gasteiger partial charge is 0.271 e. The predicted molar refractivity (Wildman–Crippen MR) is 90.6 cm³/mol. The Bertz CT molecular complexity index is 827. The lowest BCUT2D eigenvalue weighted by Crippen LogP contribution is -2.33. The first-order valence-electron chi connectivity index (χ1n) is 7.58. The van der Waals surface area contributed by atoms with E-state index in [2.05, 4.69) is 20.2 Å². The molecule has 1 aromatic carbocycles. The molecule has 3 rings (SSSR count). The summed E-state index contributed by atoms with van der Waals surface area (Å²) in [5.41, 5.74) is 0.208. The summed E-state index contributed by atoms with van der Waals surface area (Å²) in [6.45, 7) is 0. The number of sulfonamides is 1. The number of H-pyrrole nitrogens is 1. The van der Waals surface area contributed by atoms with Crippen molar-refractivity contribution in [3.8, 4) is 0 Å². The third-order valence-corrected chi connectivity index (χ3v) is 5.56. The summed E-state index contributed by atoms with van der Waals surface area (Å²) in [5.74, 6) is -0.367. The standard InChI is InChI=1S/C15H17ClN4O3S/c16-10-5-7-12(8-6-10)24(22,23)20-13-9-17-19-14(13)15(21)18-11-3-1-2-4-11/h5-9,11,20H,1-4H2,(H,17,19)(H,18,21). The van der Waals surface area contributed by atoms with Gasteiger partial charge in [-0.3, -0.25) is 14.6 Å². The van der Waals surface area contributed by atoms with Gasteiger partial charge in [0.2, 0.25) is 0 Å². The molecule has 1 aromatic heterocycles. The number of hydrogen-bond acceptors (Lipinski definition) is 4. The van der Waals surface area contributed by atoms with Gasteiger partial charge in [0.1, 0.15) is 5.69 Å². The van der Waals surface area contributed by atoms with Gasteiger partial charge >= 0.3 is 0 Å². The molecule has 0 unspecified atom stereocenters. The first-order valence-corrected chi connectivity index (χ1v) is 9.44. The molecule has 0 saturated heterocycles. The van der Waals surface area contributed by atoms with Gasteiger partial charge in [0.25, 0.3) is 15.9 Å². The van der Waals surface area contributed by atoms with Crippen molar-refractivity contribution in [2.45, 2.75) is 36.6 Å². The molecular weight excluding hydrogens is 352 g/mol. The molecule has 24 heavy (non-hydrogen) atoms. The highest BCUT2D eigenvalue weighted by atomic mass is 35.5. The van der Waals surface area contributed by atoms with Gasteiger partial charge in [-0.1, -0.05) is 24.4 Å². The topological polar surface area (TPSA) is 104 Å². The minimum atomic E-state index is -3.83. The van der Waals surface area contributed by atoms with E-state index < -0.39 is 10.0 Å². The average Bonchev–Trinajstić information content (AvgIpc) is 3.19. The molecule has 0 atom stereocenters. The minimum absolute atomic E-state index is 0.0512. The molecule has 1 aliphatic rings. The maximum Gasteiger partial charge on any atom is 0.271 e. The Morgan fingerprint density at radius 3 is 2.54 bits per heavy atom. The molecular formula is C15H17ClN4O3S. The van der Waals surface area contributed by atoms with Gasteiger partial charge in [0.05, 0.1) is 16.8 Å². The van der Waals surface area contributed by atoms with Crippen LogP contribution in [0.3, 0.4) is 0 Å². The number of anilines is 1. The number of aromatic amines is 1. The van der Waals surface area contributed by atoms with E-state index in [0.717, 1.165) is 25.7 Å². The fourth-order valence-electron chi connectivity index (χ4n) is 2.68. The summed E-state index contributed by atoms with van der Waals surface area (Å²) < 4.78 is 27.2. The van der Waals surface area contributed by atoms with Crippen LogP contribution in [-0.4, -0.2) is 30.6 Å². The number of rotatable bonds is 5. The second kappa shape index (κ2) is 6.82. The van der Waals surface area contributed by atoms with Crippen molar-refractivity contribution in [1.29, 1.82) is 0 Å². The van der Waals surface area contributed by atoms with Crippen LogP contribution in [0.15, 0.2) is 35.4 Å².